The lowest BCUT2D eigenvalue weighted by Crippen LogP contribution is -2.20. The summed E-state index contributed by atoms with van der Waals surface area (Å²) in [5, 5.41) is 2.83. The average Bonchev–Trinajstić information content (AvgIpc) is 2.82. The molecule has 0 fully saturated rings. The quantitative estimate of drug-likeness (QED) is 0.352. The molecule has 0 saturated carbocycles. The molecule has 2 aromatic rings. The van der Waals surface area contributed by atoms with E-state index < -0.39 is 18.5 Å². The van der Waals surface area contributed by atoms with Crippen LogP contribution in [0.3, 0.4) is 0 Å². The second-order valence-corrected chi connectivity index (χ2v) is 6.95. The first kappa shape index (κ1) is 24.9. The lowest BCUT2D eigenvalue weighted by molar-refractivity contribution is -0.158. The Morgan fingerprint density at radius 1 is 0.844 bits per heavy atom. The topological polar surface area (TPSA) is 100 Å². The third kappa shape index (κ3) is 10.6. The molecule has 0 radical (unpaired) electrons. The van der Waals surface area contributed by atoms with Gasteiger partial charge in [0.1, 0.15) is 5.75 Å². The van der Waals surface area contributed by atoms with Crippen molar-refractivity contribution in [2.75, 3.05) is 32.2 Å². The predicted molar refractivity (Wildman–Crippen MR) is 118 cm³/mol. The summed E-state index contributed by atoms with van der Waals surface area (Å²) in [7, 11) is 1.20. The predicted octanol–water partition coefficient (Wildman–Crippen LogP) is 3.50. The van der Waals surface area contributed by atoms with Crippen LogP contribution < -0.4 is 10.1 Å². The highest BCUT2D eigenvalue weighted by atomic mass is 16.6. The molecule has 8 heteroatoms. The summed E-state index contributed by atoms with van der Waals surface area (Å²) in [5.74, 6) is -0.947. The van der Waals surface area contributed by atoms with Crippen molar-refractivity contribution < 1.29 is 33.3 Å². The maximum atomic E-state index is 12.1. The SMILES string of the molecule is COC(=O)COC(=O)COc1ccc(NC(=O)CCCCCOCc2ccccc2)cc1. The number of nitrogens with one attached hydrogen (secondary N) is 1. The molecule has 0 aliphatic heterocycles. The number of esters is 2. The van der Waals surface area contributed by atoms with Gasteiger partial charge in [0.2, 0.25) is 5.91 Å². The number of carbonyl (C=O) groups excluding carboxylic acids is 3. The molecule has 0 atom stereocenters. The highest BCUT2D eigenvalue weighted by Crippen LogP contribution is 2.16. The molecular weight excluding hydrogens is 414 g/mol. The van der Waals surface area contributed by atoms with Gasteiger partial charge in [0.25, 0.3) is 0 Å². The van der Waals surface area contributed by atoms with E-state index in [1.807, 2.05) is 30.3 Å². The van der Waals surface area contributed by atoms with Gasteiger partial charge in [0, 0.05) is 18.7 Å². The third-order valence-electron chi connectivity index (χ3n) is 4.38. The fourth-order valence-corrected chi connectivity index (χ4v) is 2.67. The molecule has 0 unspecified atom stereocenters. The Hall–Kier alpha value is -3.39. The third-order valence-corrected chi connectivity index (χ3v) is 4.38. The van der Waals surface area contributed by atoms with Crippen LogP contribution in [0.15, 0.2) is 54.6 Å². The molecule has 1 amide bonds. The zero-order valence-electron chi connectivity index (χ0n) is 18.2. The smallest absolute Gasteiger partial charge is 0.344 e. The maximum absolute atomic E-state index is 12.1. The molecule has 0 aliphatic rings. The first-order valence-corrected chi connectivity index (χ1v) is 10.4. The van der Waals surface area contributed by atoms with Gasteiger partial charge >= 0.3 is 11.9 Å². The van der Waals surface area contributed by atoms with Crippen molar-refractivity contribution >= 4 is 23.5 Å². The van der Waals surface area contributed by atoms with E-state index in [0.29, 0.717) is 31.1 Å². The first-order valence-electron chi connectivity index (χ1n) is 10.4. The summed E-state index contributed by atoms with van der Waals surface area (Å²) in [6, 6.07) is 16.7. The fraction of sp³-hybridized carbons (Fsp3) is 0.375. The second kappa shape index (κ2) is 14.6. The molecule has 2 rings (SSSR count). The molecular formula is C24H29NO7. The lowest BCUT2D eigenvalue weighted by atomic mass is 10.2. The van der Waals surface area contributed by atoms with Gasteiger partial charge in [-0.1, -0.05) is 36.8 Å². The normalized spacial score (nSPS) is 10.3. The standard InChI is InChI=1S/C24H29NO7/c1-29-23(27)17-32-24(28)18-31-21-13-11-20(12-14-21)25-22(26)10-6-3-7-15-30-16-19-8-4-2-5-9-19/h2,4-5,8-9,11-14H,3,6-7,10,15-18H2,1H3,(H,25,26). The van der Waals surface area contributed by atoms with Crippen LogP contribution in [0.5, 0.6) is 5.75 Å². The van der Waals surface area contributed by atoms with E-state index in [0.717, 1.165) is 24.8 Å². The van der Waals surface area contributed by atoms with E-state index in [4.69, 9.17) is 9.47 Å². The average molecular weight is 443 g/mol. The van der Waals surface area contributed by atoms with Gasteiger partial charge in [-0.05, 0) is 42.7 Å². The van der Waals surface area contributed by atoms with E-state index >= 15 is 0 Å². The largest absolute Gasteiger partial charge is 0.482 e. The maximum Gasteiger partial charge on any atom is 0.344 e. The van der Waals surface area contributed by atoms with E-state index in [2.05, 4.69) is 14.8 Å². The molecule has 0 bridgehead atoms. The van der Waals surface area contributed by atoms with Gasteiger partial charge in [-0.2, -0.15) is 0 Å². The van der Waals surface area contributed by atoms with Crippen molar-refractivity contribution in [1.82, 2.24) is 0 Å². The zero-order chi connectivity index (χ0) is 23.0. The molecule has 0 aliphatic carbocycles. The van der Waals surface area contributed by atoms with Crippen LogP contribution in [-0.4, -0.2) is 44.8 Å². The highest BCUT2D eigenvalue weighted by Gasteiger charge is 2.08. The molecule has 0 heterocycles. The summed E-state index contributed by atoms with van der Waals surface area (Å²) >= 11 is 0. The summed E-state index contributed by atoms with van der Waals surface area (Å²) in [5.41, 5.74) is 1.80. The number of unbranched alkanes of at least 4 members (excludes halogenated alkanes) is 2. The Bertz CT molecular complexity index is 837. The van der Waals surface area contributed by atoms with Crippen LogP contribution >= 0.6 is 0 Å². The van der Waals surface area contributed by atoms with Crippen LogP contribution in [0.4, 0.5) is 5.69 Å². The van der Waals surface area contributed by atoms with Gasteiger partial charge in [0.05, 0.1) is 13.7 Å². The van der Waals surface area contributed by atoms with Crippen molar-refractivity contribution in [3.63, 3.8) is 0 Å². The van der Waals surface area contributed by atoms with E-state index in [-0.39, 0.29) is 12.5 Å². The number of rotatable bonds is 14. The number of hydrogen-bond acceptors (Lipinski definition) is 7. The minimum atomic E-state index is -0.682. The Labute approximate surface area is 187 Å². The van der Waals surface area contributed by atoms with Crippen molar-refractivity contribution in [3.8, 4) is 5.75 Å². The van der Waals surface area contributed by atoms with Crippen molar-refractivity contribution in [2.45, 2.75) is 32.3 Å². The van der Waals surface area contributed by atoms with E-state index in [1.54, 1.807) is 24.3 Å². The number of benzene rings is 2. The molecule has 0 aromatic heterocycles. The van der Waals surface area contributed by atoms with Crippen LogP contribution in [-0.2, 0) is 35.2 Å². The minimum Gasteiger partial charge on any atom is -0.482 e. The number of anilines is 1. The Morgan fingerprint density at radius 2 is 1.59 bits per heavy atom. The molecule has 8 nitrogen and oxygen atoms in total. The Kier molecular flexibility index (Phi) is 11.3. The van der Waals surface area contributed by atoms with E-state index in [1.165, 1.54) is 7.11 Å². The Morgan fingerprint density at radius 3 is 2.31 bits per heavy atom. The van der Waals surface area contributed by atoms with Crippen LogP contribution in [0.2, 0.25) is 0 Å². The first-order chi connectivity index (χ1) is 15.6. The van der Waals surface area contributed by atoms with E-state index in [9.17, 15) is 14.4 Å². The van der Waals surface area contributed by atoms with Gasteiger partial charge in [-0.25, -0.2) is 9.59 Å². The Balaban J connectivity index is 1.54. The molecule has 1 N–H and O–H groups in total. The number of hydrogen-bond donors (Lipinski definition) is 1. The van der Waals surface area contributed by atoms with Gasteiger partial charge in [-0.3, -0.25) is 4.79 Å². The lowest BCUT2D eigenvalue weighted by Gasteiger charge is -2.08. The van der Waals surface area contributed by atoms with Crippen molar-refractivity contribution in [2.24, 2.45) is 0 Å². The summed E-state index contributed by atoms with van der Waals surface area (Å²) in [6.45, 7) is 0.492. The number of amides is 1. The molecule has 0 spiro atoms. The summed E-state index contributed by atoms with van der Waals surface area (Å²) in [4.78, 5) is 34.5. The van der Waals surface area contributed by atoms with Crippen molar-refractivity contribution in [1.29, 1.82) is 0 Å². The van der Waals surface area contributed by atoms with Crippen molar-refractivity contribution in [3.05, 3.63) is 60.2 Å². The van der Waals surface area contributed by atoms with Gasteiger partial charge in [0.15, 0.2) is 13.2 Å². The minimum absolute atomic E-state index is 0.0599. The molecule has 32 heavy (non-hydrogen) atoms. The van der Waals surface area contributed by atoms with Gasteiger partial charge < -0.3 is 24.3 Å². The highest BCUT2D eigenvalue weighted by molar-refractivity contribution is 5.90. The number of ether oxygens (including phenoxy) is 4. The molecule has 172 valence electrons. The van der Waals surface area contributed by atoms with Crippen LogP contribution in [0, 0.1) is 0 Å². The summed E-state index contributed by atoms with van der Waals surface area (Å²) in [6.07, 6.45) is 3.05. The van der Waals surface area contributed by atoms with Gasteiger partial charge in [-0.15, -0.1) is 0 Å². The number of carbonyl (C=O) groups is 3. The monoisotopic (exact) mass is 443 g/mol. The second-order valence-electron chi connectivity index (χ2n) is 6.95. The van der Waals surface area contributed by atoms with Crippen LogP contribution in [0.1, 0.15) is 31.2 Å². The fourth-order valence-electron chi connectivity index (χ4n) is 2.67. The van der Waals surface area contributed by atoms with Crippen LogP contribution in [0.25, 0.3) is 0 Å². The zero-order valence-corrected chi connectivity index (χ0v) is 18.2. The summed E-state index contributed by atoms with van der Waals surface area (Å²) < 4.78 is 20.0. The molecule has 2 aromatic carbocycles. The number of methoxy groups -OCH3 is 1. The molecule has 0 saturated heterocycles.